The predicted octanol–water partition coefficient (Wildman–Crippen LogP) is 5.77. The van der Waals surface area contributed by atoms with Crippen LogP contribution in [0.1, 0.15) is 32.0 Å². The van der Waals surface area contributed by atoms with E-state index in [4.69, 9.17) is 0 Å². The molecule has 0 aliphatic carbocycles. The Morgan fingerprint density at radius 1 is 0.632 bits per heavy atom. The Balaban J connectivity index is 1.83. The molecule has 0 radical (unpaired) electrons. The molecule has 1 N–H and O–H groups in total. The van der Waals surface area contributed by atoms with E-state index in [9.17, 15) is 13.2 Å². The lowest BCUT2D eigenvalue weighted by Gasteiger charge is -2.34. The maximum absolute atomic E-state index is 14.2. The molecular weight excluding hydrogens is 497 g/mol. The van der Waals surface area contributed by atoms with Crippen LogP contribution in [0.25, 0.3) is 11.4 Å². The standard InChI is InChI=1S/C32H29F3N2Si/c1-31(2,3)29-22-27(32(33,34)35)30(37-29)28-21-26(19-20-36-28)38(23-13-7-4-8-14-23,24-15-9-5-10-16-24)25-17-11-6-12-18-25/h4-22,37H,1-3H3. The van der Waals surface area contributed by atoms with Gasteiger partial charge in [0, 0.05) is 17.3 Å². The molecule has 192 valence electrons. The highest BCUT2D eigenvalue weighted by Gasteiger charge is 2.42. The van der Waals surface area contributed by atoms with E-state index >= 15 is 0 Å². The number of alkyl halides is 3. The van der Waals surface area contributed by atoms with Gasteiger partial charge in [0.2, 0.25) is 0 Å². The van der Waals surface area contributed by atoms with E-state index in [0.717, 1.165) is 20.7 Å². The molecule has 0 bridgehead atoms. The zero-order valence-corrected chi connectivity index (χ0v) is 22.6. The fourth-order valence-electron chi connectivity index (χ4n) is 5.15. The molecule has 0 fully saturated rings. The number of H-pyrrole nitrogens is 1. The largest absolute Gasteiger partial charge is 0.418 e. The first kappa shape index (κ1) is 25.7. The van der Waals surface area contributed by atoms with Gasteiger partial charge >= 0.3 is 6.18 Å². The van der Waals surface area contributed by atoms with Gasteiger partial charge in [0.15, 0.2) is 8.07 Å². The molecule has 38 heavy (non-hydrogen) atoms. The van der Waals surface area contributed by atoms with Crippen molar-refractivity contribution in [1.29, 1.82) is 0 Å². The molecule has 0 amide bonds. The monoisotopic (exact) mass is 526 g/mol. The molecule has 5 aromatic rings. The van der Waals surface area contributed by atoms with E-state index in [-0.39, 0.29) is 11.4 Å². The molecule has 0 atom stereocenters. The van der Waals surface area contributed by atoms with Gasteiger partial charge in [-0.2, -0.15) is 13.2 Å². The Morgan fingerprint density at radius 2 is 1.11 bits per heavy atom. The lowest BCUT2D eigenvalue weighted by Crippen LogP contribution is -2.74. The minimum absolute atomic E-state index is 0.00126. The average molecular weight is 527 g/mol. The van der Waals surface area contributed by atoms with Crippen molar-refractivity contribution >= 4 is 28.8 Å². The van der Waals surface area contributed by atoms with Crippen LogP contribution in [-0.4, -0.2) is 18.0 Å². The number of aromatic nitrogens is 2. The van der Waals surface area contributed by atoms with E-state index in [1.165, 1.54) is 6.07 Å². The minimum Gasteiger partial charge on any atom is -0.356 e. The molecule has 5 rings (SSSR count). The summed E-state index contributed by atoms with van der Waals surface area (Å²) in [5, 5.41) is 4.40. The van der Waals surface area contributed by atoms with Gasteiger partial charge in [0.25, 0.3) is 0 Å². The van der Waals surface area contributed by atoms with Crippen LogP contribution in [0.15, 0.2) is 115 Å². The van der Waals surface area contributed by atoms with Crippen molar-refractivity contribution in [1.82, 2.24) is 9.97 Å². The summed E-state index contributed by atoms with van der Waals surface area (Å²) in [5.74, 6) is 0. The minimum atomic E-state index is -4.51. The first-order valence-electron chi connectivity index (χ1n) is 12.6. The van der Waals surface area contributed by atoms with Gasteiger partial charge in [-0.3, -0.25) is 4.98 Å². The van der Waals surface area contributed by atoms with Crippen LogP contribution >= 0.6 is 0 Å². The Kier molecular flexibility index (Phi) is 6.61. The van der Waals surface area contributed by atoms with Crippen LogP contribution in [0.4, 0.5) is 13.2 Å². The molecule has 0 spiro atoms. The van der Waals surface area contributed by atoms with Crippen molar-refractivity contribution in [2.45, 2.75) is 32.4 Å². The van der Waals surface area contributed by atoms with E-state index in [1.807, 2.05) is 87.5 Å². The smallest absolute Gasteiger partial charge is 0.356 e. The molecule has 0 saturated carbocycles. The van der Waals surface area contributed by atoms with Crippen molar-refractivity contribution in [3.8, 4) is 11.4 Å². The average Bonchev–Trinajstić information content (AvgIpc) is 3.39. The van der Waals surface area contributed by atoms with Gasteiger partial charge in [0.05, 0.1) is 17.0 Å². The fraction of sp³-hybridized carbons (Fsp3) is 0.156. The fourth-order valence-corrected chi connectivity index (χ4v) is 9.90. The van der Waals surface area contributed by atoms with Crippen LogP contribution in [-0.2, 0) is 11.6 Å². The van der Waals surface area contributed by atoms with Gasteiger partial charge in [-0.15, -0.1) is 0 Å². The Bertz CT molecular complexity index is 1420. The Hall–Kier alpha value is -3.90. The van der Waals surface area contributed by atoms with E-state index < -0.39 is 25.2 Å². The molecule has 0 unspecified atom stereocenters. The second-order valence-electron chi connectivity index (χ2n) is 10.5. The van der Waals surface area contributed by atoms with Gasteiger partial charge in [0.1, 0.15) is 0 Å². The molecule has 6 heteroatoms. The summed E-state index contributed by atoms with van der Waals surface area (Å²) in [6.07, 6.45) is -2.88. The van der Waals surface area contributed by atoms with E-state index in [2.05, 4.69) is 46.4 Å². The van der Waals surface area contributed by atoms with Crippen molar-refractivity contribution in [3.05, 3.63) is 127 Å². The SMILES string of the molecule is CC(C)(C)c1cc(C(F)(F)F)c(-c2cc([Si](c3ccccc3)(c3ccccc3)c3ccccc3)ccn2)[nH]1. The lowest BCUT2D eigenvalue weighted by atomic mass is 9.92. The first-order valence-corrected chi connectivity index (χ1v) is 14.6. The maximum Gasteiger partial charge on any atom is 0.418 e. The Labute approximate surface area is 222 Å². The van der Waals surface area contributed by atoms with Gasteiger partial charge in [-0.1, -0.05) is 112 Å². The second-order valence-corrected chi connectivity index (χ2v) is 14.3. The van der Waals surface area contributed by atoms with E-state index in [1.54, 1.807) is 6.20 Å². The summed E-state index contributed by atoms with van der Waals surface area (Å²) >= 11 is 0. The number of benzene rings is 3. The van der Waals surface area contributed by atoms with Crippen LogP contribution < -0.4 is 20.7 Å². The quantitative estimate of drug-likeness (QED) is 0.229. The van der Waals surface area contributed by atoms with E-state index in [0.29, 0.717) is 5.69 Å². The van der Waals surface area contributed by atoms with Crippen LogP contribution in [0.5, 0.6) is 0 Å². The third-order valence-electron chi connectivity index (χ3n) is 7.00. The molecule has 0 aliphatic heterocycles. The highest BCUT2D eigenvalue weighted by molar-refractivity contribution is 7.19. The molecule has 0 saturated heterocycles. The van der Waals surface area contributed by atoms with Gasteiger partial charge < -0.3 is 4.98 Å². The number of hydrogen-bond acceptors (Lipinski definition) is 1. The summed E-state index contributed by atoms with van der Waals surface area (Å²) in [4.78, 5) is 7.54. The zero-order valence-electron chi connectivity index (χ0n) is 21.6. The number of halogens is 3. The lowest BCUT2D eigenvalue weighted by molar-refractivity contribution is -0.137. The van der Waals surface area contributed by atoms with Crippen molar-refractivity contribution in [3.63, 3.8) is 0 Å². The van der Waals surface area contributed by atoms with Crippen molar-refractivity contribution in [2.24, 2.45) is 0 Å². The molecule has 2 heterocycles. The number of rotatable bonds is 5. The number of nitrogens with zero attached hydrogens (tertiary/aromatic N) is 1. The molecule has 0 aliphatic rings. The number of nitrogens with one attached hydrogen (secondary N) is 1. The highest BCUT2D eigenvalue weighted by Crippen LogP contribution is 2.39. The molecular formula is C32H29F3N2Si. The van der Waals surface area contributed by atoms with Gasteiger partial charge in [-0.05, 0) is 38.9 Å². The van der Waals surface area contributed by atoms with Crippen molar-refractivity contribution < 1.29 is 13.2 Å². The third kappa shape index (κ3) is 4.61. The highest BCUT2D eigenvalue weighted by atomic mass is 28.3. The molecule has 2 aromatic heterocycles. The van der Waals surface area contributed by atoms with Gasteiger partial charge in [-0.25, -0.2) is 0 Å². The number of pyridine rings is 1. The first-order chi connectivity index (χ1) is 18.1. The summed E-state index contributed by atoms with van der Waals surface area (Å²) < 4.78 is 42.7. The van der Waals surface area contributed by atoms with Crippen molar-refractivity contribution in [2.75, 3.05) is 0 Å². The summed E-state index contributed by atoms with van der Waals surface area (Å²) in [6, 6.07) is 35.9. The Morgan fingerprint density at radius 3 is 1.53 bits per heavy atom. The van der Waals surface area contributed by atoms with Crippen LogP contribution in [0.3, 0.4) is 0 Å². The molecule has 3 aromatic carbocycles. The number of aromatic amines is 1. The predicted molar refractivity (Wildman–Crippen MR) is 151 cm³/mol. The summed E-state index contributed by atoms with van der Waals surface area (Å²) in [7, 11) is -2.89. The number of hydrogen-bond donors (Lipinski definition) is 1. The van der Waals surface area contributed by atoms with Crippen LogP contribution in [0, 0.1) is 0 Å². The maximum atomic E-state index is 14.2. The molecule has 2 nitrogen and oxygen atoms in total. The second kappa shape index (κ2) is 9.76. The zero-order chi connectivity index (χ0) is 27.0. The normalized spacial score (nSPS) is 12.5. The summed E-state index contributed by atoms with van der Waals surface area (Å²) in [5.41, 5.74) is -0.374. The summed E-state index contributed by atoms with van der Waals surface area (Å²) in [6.45, 7) is 5.68. The van der Waals surface area contributed by atoms with Crippen LogP contribution in [0.2, 0.25) is 0 Å². The topological polar surface area (TPSA) is 28.7 Å². The third-order valence-corrected chi connectivity index (χ3v) is 11.8.